The van der Waals surface area contributed by atoms with E-state index in [1.807, 2.05) is 60.7 Å². The lowest BCUT2D eigenvalue weighted by Gasteiger charge is -2.36. The van der Waals surface area contributed by atoms with Crippen LogP contribution in [-0.4, -0.2) is 32.3 Å². The maximum absolute atomic E-state index is 13.0. The number of rotatable bonds is 7. The second kappa shape index (κ2) is 10.5. The molecule has 0 bridgehead atoms. The van der Waals surface area contributed by atoms with E-state index in [0.29, 0.717) is 32.6 Å². The summed E-state index contributed by atoms with van der Waals surface area (Å²) in [6, 6.07) is 17.8. The molecule has 1 amide bonds. The molecule has 0 radical (unpaired) electrons. The fourth-order valence-electron chi connectivity index (χ4n) is 3.61. The molecule has 3 rings (SSSR count). The molecule has 2 aromatic rings. The van der Waals surface area contributed by atoms with Crippen molar-refractivity contribution in [3.05, 3.63) is 78.4 Å². The van der Waals surface area contributed by atoms with Gasteiger partial charge in [-0.3, -0.25) is 4.79 Å². The summed E-state index contributed by atoms with van der Waals surface area (Å²) in [7, 11) is 0. The molecular weight excluding hydrogens is 362 g/mol. The SMILES string of the molecule is C=CCc1ccccc1OCC#CCNC(=O)C1(c2ccccc2)CCOCC1. The molecule has 1 fully saturated rings. The van der Waals surface area contributed by atoms with E-state index in [4.69, 9.17) is 9.47 Å². The monoisotopic (exact) mass is 389 g/mol. The van der Waals surface area contributed by atoms with E-state index in [2.05, 4.69) is 23.7 Å². The first-order valence-electron chi connectivity index (χ1n) is 9.95. The van der Waals surface area contributed by atoms with E-state index >= 15 is 0 Å². The summed E-state index contributed by atoms with van der Waals surface area (Å²) in [4.78, 5) is 13.0. The zero-order valence-electron chi connectivity index (χ0n) is 16.7. The van der Waals surface area contributed by atoms with Crippen LogP contribution in [0.5, 0.6) is 5.75 Å². The van der Waals surface area contributed by atoms with E-state index in [1.165, 1.54) is 0 Å². The number of carbonyl (C=O) groups is 1. The maximum atomic E-state index is 13.0. The fraction of sp³-hybridized carbons (Fsp3) is 0.320. The molecular formula is C25H27NO3. The molecule has 1 saturated heterocycles. The number of carbonyl (C=O) groups excluding carboxylic acids is 1. The number of allylic oxidation sites excluding steroid dienone is 1. The van der Waals surface area contributed by atoms with Crippen LogP contribution in [0.25, 0.3) is 0 Å². The van der Waals surface area contributed by atoms with Gasteiger partial charge in [-0.15, -0.1) is 6.58 Å². The minimum Gasteiger partial charge on any atom is -0.481 e. The molecule has 0 aliphatic carbocycles. The van der Waals surface area contributed by atoms with Gasteiger partial charge in [-0.2, -0.15) is 0 Å². The first-order chi connectivity index (χ1) is 14.3. The van der Waals surface area contributed by atoms with Gasteiger partial charge in [0, 0.05) is 13.2 Å². The summed E-state index contributed by atoms with van der Waals surface area (Å²) in [6.07, 6.45) is 3.96. The average molecular weight is 389 g/mol. The zero-order valence-corrected chi connectivity index (χ0v) is 16.7. The Hall–Kier alpha value is -3.03. The van der Waals surface area contributed by atoms with Gasteiger partial charge < -0.3 is 14.8 Å². The van der Waals surface area contributed by atoms with E-state index in [1.54, 1.807) is 0 Å². The van der Waals surface area contributed by atoms with Gasteiger partial charge in [0.25, 0.3) is 0 Å². The van der Waals surface area contributed by atoms with Crippen molar-refractivity contribution in [3.63, 3.8) is 0 Å². The summed E-state index contributed by atoms with van der Waals surface area (Å²) in [5.41, 5.74) is 1.58. The molecule has 1 heterocycles. The summed E-state index contributed by atoms with van der Waals surface area (Å²) in [5.74, 6) is 6.79. The third-order valence-corrected chi connectivity index (χ3v) is 5.21. The van der Waals surface area contributed by atoms with Gasteiger partial charge in [0.1, 0.15) is 12.4 Å². The van der Waals surface area contributed by atoms with Crippen molar-refractivity contribution < 1.29 is 14.3 Å². The summed E-state index contributed by atoms with van der Waals surface area (Å²) in [5, 5.41) is 2.99. The first-order valence-corrected chi connectivity index (χ1v) is 9.95. The molecule has 2 aromatic carbocycles. The van der Waals surface area contributed by atoms with Gasteiger partial charge in [-0.25, -0.2) is 0 Å². The number of nitrogens with one attached hydrogen (secondary N) is 1. The molecule has 1 aliphatic heterocycles. The van der Waals surface area contributed by atoms with Gasteiger partial charge in [0.05, 0.1) is 12.0 Å². The average Bonchev–Trinajstić information content (AvgIpc) is 2.78. The smallest absolute Gasteiger partial charge is 0.231 e. The van der Waals surface area contributed by atoms with E-state index in [-0.39, 0.29) is 12.5 Å². The molecule has 0 spiro atoms. The van der Waals surface area contributed by atoms with Crippen LogP contribution in [0.1, 0.15) is 24.0 Å². The van der Waals surface area contributed by atoms with Gasteiger partial charge in [0.15, 0.2) is 0 Å². The Bertz CT molecular complexity index is 874. The molecule has 0 unspecified atom stereocenters. The van der Waals surface area contributed by atoms with Crippen molar-refractivity contribution in [2.45, 2.75) is 24.7 Å². The summed E-state index contributed by atoms with van der Waals surface area (Å²) in [6.45, 7) is 5.52. The Morgan fingerprint density at radius 1 is 1.10 bits per heavy atom. The fourth-order valence-corrected chi connectivity index (χ4v) is 3.61. The highest BCUT2D eigenvalue weighted by Crippen LogP contribution is 2.35. The molecule has 0 saturated carbocycles. The highest BCUT2D eigenvalue weighted by molar-refractivity contribution is 5.88. The zero-order chi connectivity index (χ0) is 20.4. The van der Waals surface area contributed by atoms with Gasteiger partial charge in [-0.1, -0.05) is 66.4 Å². The predicted octanol–water partition coefficient (Wildman–Crippen LogP) is 3.66. The number of hydrogen-bond acceptors (Lipinski definition) is 3. The third-order valence-electron chi connectivity index (χ3n) is 5.21. The Labute approximate surface area is 172 Å². The van der Waals surface area contributed by atoms with E-state index < -0.39 is 5.41 Å². The lowest BCUT2D eigenvalue weighted by molar-refractivity contribution is -0.130. The molecule has 1 aliphatic rings. The third kappa shape index (κ3) is 5.28. The van der Waals surface area contributed by atoms with Crippen LogP contribution in [0.15, 0.2) is 67.3 Å². The van der Waals surface area contributed by atoms with Crippen LogP contribution in [0.4, 0.5) is 0 Å². The highest BCUT2D eigenvalue weighted by Gasteiger charge is 2.41. The highest BCUT2D eigenvalue weighted by atomic mass is 16.5. The Kier molecular flexibility index (Phi) is 7.49. The normalized spacial score (nSPS) is 14.9. The number of para-hydroxylation sites is 1. The molecule has 4 nitrogen and oxygen atoms in total. The van der Waals surface area contributed by atoms with Crippen molar-refractivity contribution in [2.75, 3.05) is 26.4 Å². The van der Waals surface area contributed by atoms with Crippen LogP contribution >= 0.6 is 0 Å². The van der Waals surface area contributed by atoms with Crippen LogP contribution in [0, 0.1) is 11.8 Å². The van der Waals surface area contributed by atoms with E-state index in [0.717, 1.165) is 23.3 Å². The second-order valence-electron chi connectivity index (χ2n) is 6.99. The molecule has 0 atom stereocenters. The number of ether oxygens (including phenoxy) is 2. The van der Waals surface area contributed by atoms with Crippen LogP contribution in [0.3, 0.4) is 0 Å². The number of amides is 1. The summed E-state index contributed by atoms with van der Waals surface area (Å²) < 4.78 is 11.2. The second-order valence-corrected chi connectivity index (χ2v) is 6.99. The lowest BCUT2D eigenvalue weighted by Crippen LogP contribution is -2.48. The number of hydrogen-bond donors (Lipinski definition) is 1. The summed E-state index contributed by atoms with van der Waals surface area (Å²) >= 11 is 0. The Balaban J connectivity index is 1.55. The first kappa shape index (κ1) is 20.7. The van der Waals surface area contributed by atoms with Gasteiger partial charge in [-0.05, 0) is 36.5 Å². The standard InChI is InChI=1S/C25H27NO3/c1-2-10-21-11-6-7-14-23(21)29-18-9-8-17-26-24(27)25(15-19-28-20-16-25)22-12-4-3-5-13-22/h2-7,11-14H,1,10,15-20H2,(H,26,27). The van der Waals surface area contributed by atoms with Crippen molar-refractivity contribution in [3.8, 4) is 17.6 Å². The van der Waals surface area contributed by atoms with Crippen LogP contribution < -0.4 is 10.1 Å². The van der Waals surface area contributed by atoms with E-state index in [9.17, 15) is 4.79 Å². The predicted molar refractivity (Wildman–Crippen MR) is 115 cm³/mol. The molecule has 29 heavy (non-hydrogen) atoms. The van der Waals surface area contributed by atoms with Crippen molar-refractivity contribution >= 4 is 5.91 Å². The Morgan fingerprint density at radius 2 is 1.83 bits per heavy atom. The van der Waals surface area contributed by atoms with Crippen LogP contribution in [0.2, 0.25) is 0 Å². The van der Waals surface area contributed by atoms with Crippen molar-refractivity contribution in [1.29, 1.82) is 0 Å². The lowest BCUT2D eigenvalue weighted by atomic mass is 9.73. The maximum Gasteiger partial charge on any atom is 0.231 e. The van der Waals surface area contributed by atoms with Gasteiger partial charge in [0.2, 0.25) is 5.91 Å². The molecule has 150 valence electrons. The van der Waals surface area contributed by atoms with Gasteiger partial charge >= 0.3 is 0 Å². The molecule has 0 aromatic heterocycles. The van der Waals surface area contributed by atoms with Crippen molar-refractivity contribution in [1.82, 2.24) is 5.32 Å². The Morgan fingerprint density at radius 3 is 2.59 bits per heavy atom. The number of benzene rings is 2. The van der Waals surface area contributed by atoms with Crippen LogP contribution in [-0.2, 0) is 21.4 Å². The molecule has 1 N–H and O–H groups in total. The minimum absolute atomic E-state index is 0.0125. The largest absolute Gasteiger partial charge is 0.481 e. The molecule has 4 heteroatoms. The minimum atomic E-state index is -0.540. The quantitative estimate of drug-likeness (QED) is 0.581. The van der Waals surface area contributed by atoms with Crippen molar-refractivity contribution in [2.24, 2.45) is 0 Å². The topological polar surface area (TPSA) is 47.6 Å².